The number of nitrogens with two attached hydrogens (primary N) is 2. The van der Waals surface area contributed by atoms with Gasteiger partial charge < -0.3 is 11.5 Å². The fourth-order valence-electron chi connectivity index (χ4n) is 2.80. The molecule has 0 aromatic heterocycles. The topological polar surface area (TPSA) is 81.5 Å². The number of aliphatic imine (C=N–C) groups is 1. The monoisotopic (exact) mass is 359 g/mol. The summed E-state index contributed by atoms with van der Waals surface area (Å²) in [5, 5.41) is 1.15. The van der Waals surface area contributed by atoms with Gasteiger partial charge in [0.05, 0.1) is 0 Å². The number of hydrogen-bond donors (Lipinski definition) is 2. The van der Waals surface area contributed by atoms with Crippen LogP contribution in [-0.4, -0.2) is 11.9 Å². The summed E-state index contributed by atoms with van der Waals surface area (Å²) in [5.74, 6) is -0.723. The third-order valence-corrected chi connectivity index (χ3v) is 4.41. The third-order valence-electron chi connectivity index (χ3n) is 3.86. The molecule has 0 saturated heterocycles. The van der Waals surface area contributed by atoms with Gasteiger partial charge >= 0.3 is 0 Å². The van der Waals surface area contributed by atoms with Crippen LogP contribution in [0.1, 0.15) is 33.5 Å². The second kappa shape index (κ2) is 6.67. The highest BCUT2D eigenvalue weighted by molar-refractivity contribution is 6.35. The minimum absolute atomic E-state index is 0.255. The molecule has 0 atom stereocenters. The molecule has 2 aromatic carbocycles. The lowest BCUT2D eigenvalue weighted by atomic mass is 9.86. The molecule has 0 bridgehead atoms. The van der Waals surface area contributed by atoms with Gasteiger partial charge in [0.2, 0.25) is 0 Å². The summed E-state index contributed by atoms with van der Waals surface area (Å²) in [7, 11) is 0. The molecule has 1 aliphatic rings. The molecule has 1 amide bonds. The molecule has 2 aromatic rings. The van der Waals surface area contributed by atoms with Crippen LogP contribution in [0.25, 0.3) is 5.57 Å². The van der Waals surface area contributed by atoms with E-state index < -0.39 is 5.91 Å². The molecule has 0 saturated carbocycles. The Morgan fingerprint density at radius 3 is 2.54 bits per heavy atom. The number of carbonyl (C=O) groups is 1. The van der Waals surface area contributed by atoms with Crippen molar-refractivity contribution in [2.75, 3.05) is 0 Å². The van der Waals surface area contributed by atoms with Crippen LogP contribution in [0.4, 0.5) is 0 Å². The Morgan fingerprint density at radius 2 is 1.83 bits per heavy atom. The summed E-state index contributed by atoms with van der Waals surface area (Å²) in [6, 6.07) is 10.9. The highest BCUT2D eigenvalue weighted by atomic mass is 35.5. The van der Waals surface area contributed by atoms with Crippen LogP contribution in [0.15, 0.2) is 47.5 Å². The number of benzene rings is 2. The van der Waals surface area contributed by atoms with E-state index in [0.29, 0.717) is 15.6 Å². The Hall–Kier alpha value is -2.30. The molecule has 0 fully saturated rings. The van der Waals surface area contributed by atoms with Crippen molar-refractivity contribution in [1.82, 2.24) is 0 Å². The molecule has 0 aliphatic heterocycles. The molecule has 0 heterocycles. The molecular weight excluding hydrogens is 345 g/mol. The summed E-state index contributed by atoms with van der Waals surface area (Å²) in [6.45, 7) is 0. The van der Waals surface area contributed by atoms with E-state index in [2.05, 4.69) is 11.1 Å². The highest BCUT2D eigenvalue weighted by Gasteiger charge is 2.18. The van der Waals surface area contributed by atoms with Crippen LogP contribution in [-0.2, 0) is 6.42 Å². The standard InChI is InChI=1S/C18H15Cl2N3O/c19-12-6-7-14(16(20)9-12)13-3-1-2-10-4-5-11(8-15(10)13)17(24)23-18(21)22/h3-9H,1-2H2,(H4,21,22,23,24). The zero-order valence-corrected chi connectivity index (χ0v) is 14.2. The number of amides is 1. The molecule has 1 aliphatic carbocycles. The van der Waals surface area contributed by atoms with Gasteiger partial charge in [0.1, 0.15) is 0 Å². The van der Waals surface area contributed by atoms with Crippen LogP contribution in [0.3, 0.4) is 0 Å². The molecule has 4 nitrogen and oxygen atoms in total. The molecule has 4 N–H and O–H groups in total. The van der Waals surface area contributed by atoms with Crippen molar-refractivity contribution in [3.05, 3.63) is 74.8 Å². The van der Waals surface area contributed by atoms with Crippen LogP contribution in [0.2, 0.25) is 10.0 Å². The van der Waals surface area contributed by atoms with E-state index >= 15 is 0 Å². The summed E-state index contributed by atoms with van der Waals surface area (Å²) < 4.78 is 0. The lowest BCUT2D eigenvalue weighted by molar-refractivity contribution is 0.100. The number of carbonyl (C=O) groups excluding carboxylic acids is 1. The SMILES string of the molecule is NC(N)=NC(=O)c1ccc2c(c1)C(c1ccc(Cl)cc1Cl)=CCC2. The van der Waals surface area contributed by atoms with Crippen LogP contribution >= 0.6 is 23.2 Å². The molecular formula is C18H15Cl2N3O. The van der Waals surface area contributed by atoms with Crippen molar-refractivity contribution < 1.29 is 4.79 Å². The minimum Gasteiger partial charge on any atom is -0.370 e. The van der Waals surface area contributed by atoms with Gasteiger partial charge in [0.15, 0.2) is 5.96 Å². The lowest BCUT2D eigenvalue weighted by Crippen LogP contribution is -2.24. The predicted molar refractivity (Wildman–Crippen MR) is 98.4 cm³/mol. The largest absolute Gasteiger partial charge is 0.370 e. The van der Waals surface area contributed by atoms with E-state index in [1.165, 1.54) is 0 Å². The second-order valence-corrected chi connectivity index (χ2v) is 6.34. The molecule has 0 radical (unpaired) electrons. The van der Waals surface area contributed by atoms with E-state index in [4.69, 9.17) is 34.7 Å². The number of fused-ring (bicyclic) bond motifs is 1. The maximum absolute atomic E-state index is 12.1. The zero-order chi connectivity index (χ0) is 17.3. The van der Waals surface area contributed by atoms with Crippen LogP contribution in [0.5, 0.6) is 0 Å². The average molecular weight is 360 g/mol. The average Bonchev–Trinajstić information content (AvgIpc) is 2.53. The van der Waals surface area contributed by atoms with Crippen molar-refractivity contribution in [3.8, 4) is 0 Å². The molecule has 0 spiro atoms. The van der Waals surface area contributed by atoms with Gasteiger partial charge in [0.25, 0.3) is 5.91 Å². The molecule has 122 valence electrons. The van der Waals surface area contributed by atoms with E-state index in [-0.39, 0.29) is 5.96 Å². The lowest BCUT2D eigenvalue weighted by Gasteiger charge is -2.20. The van der Waals surface area contributed by atoms with Crippen molar-refractivity contribution in [2.24, 2.45) is 16.5 Å². The summed E-state index contributed by atoms with van der Waals surface area (Å²) in [4.78, 5) is 15.7. The van der Waals surface area contributed by atoms with Gasteiger partial charge in [-0.05, 0) is 53.8 Å². The van der Waals surface area contributed by atoms with Crippen molar-refractivity contribution >= 4 is 40.6 Å². The van der Waals surface area contributed by atoms with E-state index in [1.54, 1.807) is 24.3 Å². The van der Waals surface area contributed by atoms with E-state index in [1.807, 2.05) is 12.1 Å². The fraction of sp³-hybridized carbons (Fsp3) is 0.111. The summed E-state index contributed by atoms with van der Waals surface area (Å²) in [5.41, 5.74) is 15.0. The van der Waals surface area contributed by atoms with Crippen LogP contribution in [0, 0.1) is 0 Å². The molecule has 3 rings (SSSR count). The maximum atomic E-state index is 12.1. The fourth-order valence-corrected chi connectivity index (χ4v) is 3.32. The number of rotatable bonds is 2. The smallest absolute Gasteiger partial charge is 0.280 e. The van der Waals surface area contributed by atoms with Gasteiger partial charge in [0, 0.05) is 21.2 Å². The van der Waals surface area contributed by atoms with Crippen molar-refractivity contribution in [1.29, 1.82) is 0 Å². The van der Waals surface area contributed by atoms with Crippen LogP contribution < -0.4 is 11.5 Å². The highest BCUT2D eigenvalue weighted by Crippen LogP contribution is 2.36. The first-order valence-corrected chi connectivity index (χ1v) is 8.14. The molecule has 0 unspecified atom stereocenters. The van der Waals surface area contributed by atoms with Gasteiger partial charge in [-0.1, -0.05) is 41.4 Å². The Balaban J connectivity index is 2.09. The van der Waals surface area contributed by atoms with Gasteiger partial charge in [-0.25, -0.2) is 0 Å². The Bertz CT molecular complexity index is 884. The maximum Gasteiger partial charge on any atom is 0.280 e. The Morgan fingerprint density at radius 1 is 1.04 bits per heavy atom. The quantitative estimate of drug-likeness (QED) is 0.632. The number of halogens is 2. The molecule has 24 heavy (non-hydrogen) atoms. The number of nitrogens with zero attached hydrogens (tertiary/aromatic N) is 1. The number of hydrogen-bond acceptors (Lipinski definition) is 1. The summed E-state index contributed by atoms with van der Waals surface area (Å²) >= 11 is 12.3. The van der Waals surface area contributed by atoms with E-state index in [9.17, 15) is 4.79 Å². The third kappa shape index (κ3) is 3.30. The van der Waals surface area contributed by atoms with Crippen molar-refractivity contribution in [2.45, 2.75) is 12.8 Å². The summed E-state index contributed by atoms with van der Waals surface area (Å²) in [6.07, 6.45) is 3.93. The van der Waals surface area contributed by atoms with Gasteiger partial charge in [-0.3, -0.25) is 4.79 Å². The number of allylic oxidation sites excluding steroid dienone is 1. The number of guanidine groups is 1. The van der Waals surface area contributed by atoms with Gasteiger partial charge in [-0.2, -0.15) is 4.99 Å². The van der Waals surface area contributed by atoms with Gasteiger partial charge in [-0.15, -0.1) is 0 Å². The molecule has 6 heteroatoms. The number of aryl methyl sites for hydroxylation is 1. The Labute approximate surface area is 149 Å². The minimum atomic E-state index is -0.468. The van der Waals surface area contributed by atoms with Crippen molar-refractivity contribution in [3.63, 3.8) is 0 Å². The first-order valence-electron chi connectivity index (χ1n) is 7.38. The first-order chi connectivity index (χ1) is 11.5. The first kappa shape index (κ1) is 16.6. The Kier molecular flexibility index (Phi) is 4.60. The second-order valence-electron chi connectivity index (χ2n) is 5.49. The zero-order valence-electron chi connectivity index (χ0n) is 12.7. The van der Waals surface area contributed by atoms with E-state index in [0.717, 1.165) is 35.1 Å². The predicted octanol–water partition coefficient (Wildman–Crippen LogP) is 3.78. The normalized spacial score (nSPS) is 13.0.